The van der Waals surface area contributed by atoms with Gasteiger partial charge in [-0.05, 0) is 47.4 Å². The van der Waals surface area contributed by atoms with Crippen molar-refractivity contribution < 1.29 is 24.2 Å². The molecule has 0 radical (unpaired) electrons. The highest BCUT2D eigenvalue weighted by molar-refractivity contribution is 6.30. The van der Waals surface area contributed by atoms with Crippen LogP contribution in [-0.4, -0.2) is 47.6 Å². The number of carboxylic acids is 1. The minimum atomic E-state index is -1.02. The maximum Gasteiger partial charge on any atom is 0.412 e. The summed E-state index contributed by atoms with van der Waals surface area (Å²) in [6.45, 7) is 8.87. The molecule has 1 amide bonds. The lowest BCUT2D eigenvalue weighted by atomic mass is 9.79. The van der Waals surface area contributed by atoms with Crippen LogP contribution in [0.4, 0.5) is 4.79 Å². The predicted molar refractivity (Wildman–Crippen MR) is 105 cm³/mol. The molecule has 6 nitrogen and oxygen atoms in total. The van der Waals surface area contributed by atoms with Gasteiger partial charge in [-0.3, -0.25) is 0 Å². The van der Waals surface area contributed by atoms with Crippen molar-refractivity contribution in [2.45, 2.75) is 52.4 Å². The molecule has 2 aliphatic heterocycles. The summed E-state index contributed by atoms with van der Waals surface area (Å²) >= 11 is 6.13. The fourth-order valence-electron chi connectivity index (χ4n) is 4.18. The Balaban J connectivity index is 1.70. The van der Waals surface area contributed by atoms with Gasteiger partial charge in [-0.1, -0.05) is 45.4 Å². The molecule has 1 aromatic carbocycles. The standard InChI is InChI=1S/C21H28ClNO5/c1-11-10-23(8-7-15-5-6-16(22)9-17(11)15)21(26)28-20-14(4)12(2)13(3)18(27-20)19(24)25/h5-6,9,11-14,18,20H,7-8,10H2,1-4H3,(H,24,25)/t11?,12-,13-,14+,18-,20?/m1/s1. The van der Waals surface area contributed by atoms with Crippen molar-refractivity contribution in [3.63, 3.8) is 0 Å². The number of carboxylic acid groups (broad SMARTS) is 1. The Morgan fingerprint density at radius 1 is 1.18 bits per heavy atom. The van der Waals surface area contributed by atoms with Gasteiger partial charge in [-0.15, -0.1) is 0 Å². The van der Waals surface area contributed by atoms with Gasteiger partial charge in [-0.25, -0.2) is 9.59 Å². The average Bonchev–Trinajstić information content (AvgIpc) is 2.81. The molecular formula is C21H28ClNO5. The molecule has 1 aromatic rings. The van der Waals surface area contributed by atoms with Crippen LogP contribution < -0.4 is 0 Å². The molecule has 2 heterocycles. The number of fused-ring (bicyclic) bond motifs is 1. The molecule has 1 saturated heterocycles. The Bertz CT molecular complexity index is 754. The van der Waals surface area contributed by atoms with E-state index < -0.39 is 24.5 Å². The zero-order valence-electron chi connectivity index (χ0n) is 16.7. The van der Waals surface area contributed by atoms with Crippen LogP contribution in [0, 0.1) is 17.8 Å². The molecule has 1 N–H and O–H groups in total. The van der Waals surface area contributed by atoms with Gasteiger partial charge in [0.2, 0.25) is 6.29 Å². The number of carbonyl (C=O) groups excluding carboxylic acids is 1. The molecule has 0 aromatic heterocycles. The molecule has 6 atom stereocenters. The van der Waals surface area contributed by atoms with Crippen molar-refractivity contribution in [1.29, 1.82) is 0 Å². The summed E-state index contributed by atoms with van der Waals surface area (Å²) in [6, 6.07) is 5.84. The van der Waals surface area contributed by atoms with E-state index in [4.69, 9.17) is 21.1 Å². The lowest BCUT2D eigenvalue weighted by molar-refractivity contribution is -0.231. The van der Waals surface area contributed by atoms with Gasteiger partial charge < -0.3 is 19.5 Å². The van der Waals surface area contributed by atoms with Gasteiger partial charge in [0.25, 0.3) is 0 Å². The second kappa shape index (κ2) is 8.29. The Morgan fingerprint density at radius 3 is 2.57 bits per heavy atom. The molecule has 2 unspecified atom stereocenters. The van der Waals surface area contributed by atoms with Crippen LogP contribution in [0.5, 0.6) is 0 Å². The Morgan fingerprint density at radius 2 is 1.89 bits per heavy atom. The van der Waals surface area contributed by atoms with Gasteiger partial charge >= 0.3 is 12.1 Å². The van der Waals surface area contributed by atoms with E-state index in [-0.39, 0.29) is 23.7 Å². The summed E-state index contributed by atoms with van der Waals surface area (Å²) in [4.78, 5) is 26.0. The highest BCUT2D eigenvalue weighted by Crippen LogP contribution is 2.36. The first kappa shape index (κ1) is 20.9. The number of carbonyl (C=O) groups is 2. The molecule has 28 heavy (non-hydrogen) atoms. The smallest absolute Gasteiger partial charge is 0.412 e. The van der Waals surface area contributed by atoms with Crippen molar-refractivity contribution in [1.82, 2.24) is 4.90 Å². The summed E-state index contributed by atoms with van der Waals surface area (Å²) in [7, 11) is 0. The van der Waals surface area contributed by atoms with E-state index in [1.165, 1.54) is 5.56 Å². The van der Waals surface area contributed by atoms with Crippen molar-refractivity contribution in [3.8, 4) is 0 Å². The van der Waals surface area contributed by atoms with Gasteiger partial charge in [-0.2, -0.15) is 0 Å². The van der Waals surface area contributed by atoms with Crippen molar-refractivity contribution in [3.05, 3.63) is 34.3 Å². The first-order valence-corrected chi connectivity index (χ1v) is 10.2. The first-order valence-electron chi connectivity index (χ1n) is 9.81. The quantitative estimate of drug-likeness (QED) is 0.793. The van der Waals surface area contributed by atoms with E-state index in [1.807, 2.05) is 39.0 Å². The third-order valence-corrected chi connectivity index (χ3v) is 6.58. The number of hydrogen-bond donors (Lipinski definition) is 1. The number of halogens is 1. The second-order valence-electron chi connectivity index (χ2n) is 8.16. The SMILES string of the molecule is CC1CN(C(=O)OC2O[C@@H](C(=O)O)[C@H](C)[C@@H](C)[C@@H]2C)CCc2ccc(Cl)cc21. The highest BCUT2D eigenvalue weighted by Gasteiger charge is 2.44. The van der Waals surface area contributed by atoms with Gasteiger partial charge in [0.15, 0.2) is 6.10 Å². The van der Waals surface area contributed by atoms with Crippen LogP contribution >= 0.6 is 11.6 Å². The second-order valence-corrected chi connectivity index (χ2v) is 8.60. The number of nitrogens with zero attached hydrogens (tertiary/aromatic N) is 1. The van der Waals surface area contributed by atoms with Gasteiger partial charge in [0, 0.05) is 24.0 Å². The lowest BCUT2D eigenvalue weighted by Crippen LogP contribution is -2.50. The van der Waals surface area contributed by atoms with Crippen molar-refractivity contribution >= 4 is 23.7 Å². The van der Waals surface area contributed by atoms with Crippen LogP contribution in [0.1, 0.15) is 44.7 Å². The van der Waals surface area contributed by atoms with E-state index >= 15 is 0 Å². The monoisotopic (exact) mass is 409 g/mol. The molecule has 154 valence electrons. The van der Waals surface area contributed by atoms with Crippen LogP contribution in [-0.2, 0) is 20.7 Å². The summed E-state index contributed by atoms with van der Waals surface area (Å²) in [5.74, 6) is -1.08. The topological polar surface area (TPSA) is 76.1 Å². The lowest BCUT2D eigenvalue weighted by Gasteiger charge is -2.41. The molecule has 0 spiro atoms. The number of aliphatic carboxylic acids is 1. The van der Waals surface area contributed by atoms with E-state index in [0.717, 1.165) is 12.0 Å². The van der Waals surface area contributed by atoms with E-state index in [2.05, 4.69) is 6.92 Å². The number of hydrogen-bond acceptors (Lipinski definition) is 4. The van der Waals surface area contributed by atoms with Crippen molar-refractivity contribution in [2.75, 3.05) is 13.1 Å². The summed E-state index contributed by atoms with van der Waals surface area (Å²) in [6.07, 6.45) is -1.58. The first-order chi connectivity index (χ1) is 13.2. The molecular weight excluding hydrogens is 382 g/mol. The fraction of sp³-hybridized carbons (Fsp3) is 0.619. The van der Waals surface area contributed by atoms with Crippen molar-refractivity contribution in [2.24, 2.45) is 17.8 Å². The molecule has 0 bridgehead atoms. The number of rotatable bonds is 2. The molecule has 0 aliphatic carbocycles. The van der Waals surface area contributed by atoms with E-state index in [0.29, 0.717) is 18.1 Å². The summed E-state index contributed by atoms with van der Waals surface area (Å²) < 4.78 is 11.3. The highest BCUT2D eigenvalue weighted by atomic mass is 35.5. The Labute approximate surface area is 170 Å². The normalized spacial score (nSPS) is 33.0. The van der Waals surface area contributed by atoms with Crippen LogP contribution in [0.25, 0.3) is 0 Å². The third-order valence-electron chi connectivity index (χ3n) is 6.35. The minimum Gasteiger partial charge on any atom is -0.479 e. The maximum atomic E-state index is 12.8. The molecule has 7 heteroatoms. The fourth-order valence-corrected chi connectivity index (χ4v) is 4.36. The van der Waals surface area contributed by atoms with E-state index in [1.54, 1.807) is 4.90 Å². The summed E-state index contributed by atoms with van der Waals surface area (Å²) in [5.41, 5.74) is 2.33. The summed E-state index contributed by atoms with van der Waals surface area (Å²) in [5, 5.41) is 10.1. The number of ether oxygens (including phenoxy) is 2. The molecule has 3 rings (SSSR count). The van der Waals surface area contributed by atoms with Crippen LogP contribution in [0.3, 0.4) is 0 Å². The minimum absolute atomic E-state index is 0.0575. The number of benzene rings is 1. The van der Waals surface area contributed by atoms with Crippen LogP contribution in [0.2, 0.25) is 5.02 Å². The average molecular weight is 410 g/mol. The number of amides is 1. The zero-order valence-corrected chi connectivity index (χ0v) is 17.5. The molecule has 2 aliphatic rings. The van der Waals surface area contributed by atoms with E-state index in [9.17, 15) is 14.7 Å². The molecule has 1 fully saturated rings. The zero-order chi connectivity index (χ0) is 20.6. The van der Waals surface area contributed by atoms with Gasteiger partial charge in [0.1, 0.15) is 0 Å². The largest absolute Gasteiger partial charge is 0.479 e. The molecule has 0 saturated carbocycles. The Hall–Kier alpha value is -1.79. The maximum absolute atomic E-state index is 12.8. The predicted octanol–water partition coefficient (Wildman–Crippen LogP) is 4.16. The Kier molecular flexibility index (Phi) is 6.20. The van der Waals surface area contributed by atoms with Gasteiger partial charge in [0.05, 0.1) is 0 Å². The third kappa shape index (κ3) is 4.13. The van der Waals surface area contributed by atoms with Crippen LogP contribution in [0.15, 0.2) is 18.2 Å².